The third-order valence-corrected chi connectivity index (χ3v) is 7.63. The van der Waals surface area contributed by atoms with Gasteiger partial charge >= 0.3 is 0 Å². The van der Waals surface area contributed by atoms with E-state index in [1.165, 1.54) is 32.5 Å². The molecule has 0 atom stereocenters. The van der Waals surface area contributed by atoms with Gasteiger partial charge in [-0.3, -0.25) is 4.79 Å². The Labute approximate surface area is 187 Å². The van der Waals surface area contributed by atoms with Crippen molar-refractivity contribution in [1.29, 1.82) is 0 Å². The Balaban J connectivity index is 1.52. The van der Waals surface area contributed by atoms with Crippen LogP contribution in [0.2, 0.25) is 0 Å². The number of H-pyrrole nitrogens is 1. The number of fused-ring (bicyclic) bond motifs is 3. The van der Waals surface area contributed by atoms with Crippen molar-refractivity contribution < 1.29 is 22.7 Å². The van der Waals surface area contributed by atoms with Gasteiger partial charge in [-0.15, -0.1) is 0 Å². The van der Waals surface area contributed by atoms with Gasteiger partial charge in [0.25, 0.3) is 0 Å². The molecule has 4 rings (SSSR count). The molecule has 32 heavy (non-hydrogen) atoms. The highest BCUT2D eigenvalue weighted by atomic mass is 32.2. The highest BCUT2D eigenvalue weighted by molar-refractivity contribution is 7.89. The number of rotatable bonds is 7. The first-order valence-corrected chi connectivity index (χ1v) is 11.9. The van der Waals surface area contributed by atoms with E-state index in [-0.39, 0.29) is 11.4 Å². The van der Waals surface area contributed by atoms with Crippen LogP contribution in [0.5, 0.6) is 11.5 Å². The van der Waals surface area contributed by atoms with Gasteiger partial charge < -0.3 is 19.8 Å². The molecule has 0 saturated carbocycles. The molecule has 2 N–H and O–H groups in total. The molecule has 0 spiro atoms. The maximum Gasteiger partial charge on any atom is 0.243 e. The molecule has 0 saturated heterocycles. The van der Waals surface area contributed by atoms with Gasteiger partial charge in [0.2, 0.25) is 15.9 Å². The fourth-order valence-corrected chi connectivity index (χ4v) is 5.26. The summed E-state index contributed by atoms with van der Waals surface area (Å²) >= 11 is 0. The number of likely N-dealkylation sites (N-methyl/N-ethyl adjacent to an activating group) is 1. The van der Waals surface area contributed by atoms with Gasteiger partial charge in [0.15, 0.2) is 0 Å². The van der Waals surface area contributed by atoms with Crippen LogP contribution in [-0.2, 0) is 27.7 Å². The lowest BCUT2D eigenvalue weighted by molar-refractivity contribution is -0.116. The molecule has 0 aliphatic heterocycles. The first kappa shape index (κ1) is 22.2. The van der Waals surface area contributed by atoms with Crippen molar-refractivity contribution in [3.8, 4) is 11.5 Å². The van der Waals surface area contributed by atoms with E-state index in [2.05, 4.69) is 10.3 Å². The smallest absolute Gasteiger partial charge is 0.243 e. The lowest BCUT2D eigenvalue weighted by Crippen LogP contribution is -2.35. The van der Waals surface area contributed by atoms with Crippen molar-refractivity contribution in [2.75, 3.05) is 33.1 Å². The zero-order valence-electron chi connectivity index (χ0n) is 18.4. The van der Waals surface area contributed by atoms with Gasteiger partial charge in [-0.25, -0.2) is 8.42 Å². The number of carbonyl (C=O) groups excluding carboxylic acids is 1. The molecule has 170 valence electrons. The quantitative estimate of drug-likeness (QED) is 0.567. The largest absolute Gasteiger partial charge is 0.497 e. The van der Waals surface area contributed by atoms with Crippen molar-refractivity contribution in [3.63, 3.8) is 0 Å². The average Bonchev–Trinajstić information content (AvgIpc) is 3.17. The number of amides is 1. The van der Waals surface area contributed by atoms with E-state index in [4.69, 9.17) is 9.47 Å². The fourth-order valence-electron chi connectivity index (χ4n) is 4.10. The Morgan fingerprint density at radius 3 is 2.62 bits per heavy atom. The SMILES string of the molecule is COc1ccc(NC(=O)CN(C)S(=O)(=O)c2ccc3[nH]c4c(c3c2)CCCC4)c(OC)c1. The standard InChI is InChI=1S/C23H27N3O5S/c1-26(14-23(27)25-21-10-8-15(30-2)12-22(21)31-3)32(28,29)16-9-11-20-18(13-16)17-6-4-5-7-19(17)24-20/h8-13,24H,4-7,14H2,1-3H3,(H,25,27). The molecular formula is C23H27N3O5S. The maximum absolute atomic E-state index is 13.2. The topological polar surface area (TPSA) is 101 Å². The van der Waals surface area contributed by atoms with Crippen LogP contribution >= 0.6 is 0 Å². The highest BCUT2D eigenvalue weighted by Crippen LogP contribution is 2.32. The summed E-state index contributed by atoms with van der Waals surface area (Å²) in [7, 11) is 0.577. The van der Waals surface area contributed by atoms with Crippen LogP contribution in [0, 0.1) is 0 Å². The van der Waals surface area contributed by atoms with Crippen LogP contribution in [0.3, 0.4) is 0 Å². The predicted molar refractivity (Wildman–Crippen MR) is 123 cm³/mol. The summed E-state index contributed by atoms with van der Waals surface area (Å²) in [6.45, 7) is -0.333. The summed E-state index contributed by atoms with van der Waals surface area (Å²) in [5.41, 5.74) is 3.78. The van der Waals surface area contributed by atoms with E-state index >= 15 is 0 Å². The first-order chi connectivity index (χ1) is 15.3. The number of methoxy groups -OCH3 is 2. The van der Waals surface area contributed by atoms with Crippen LogP contribution in [0.25, 0.3) is 10.9 Å². The number of carbonyl (C=O) groups is 1. The number of aromatic nitrogens is 1. The number of sulfonamides is 1. The van der Waals surface area contributed by atoms with Crippen LogP contribution < -0.4 is 14.8 Å². The zero-order valence-corrected chi connectivity index (χ0v) is 19.2. The molecular weight excluding hydrogens is 430 g/mol. The Kier molecular flexibility index (Phi) is 6.12. The van der Waals surface area contributed by atoms with Crippen LogP contribution in [0.4, 0.5) is 5.69 Å². The minimum atomic E-state index is -3.84. The molecule has 1 heterocycles. The Hall–Kier alpha value is -3.04. The average molecular weight is 458 g/mol. The number of nitrogens with one attached hydrogen (secondary N) is 2. The number of hydrogen-bond acceptors (Lipinski definition) is 5. The van der Waals surface area contributed by atoms with Crippen molar-refractivity contribution in [2.24, 2.45) is 0 Å². The van der Waals surface area contributed by atoms with Crippen molar-refractivity contribution in [1.82, 2.24) is 9.29 Å². The van der Waals surface area contributed by atoms with Crippen molar-refractivity contribution >= 4 is 32.5 Å². The lowest BCUT2D eigenvalue weighted by atomic mass is 9.96. The molecule has 0 fully saturated rings. The van der Waals surface area contributed by atoms with Gasteiger partial charge in [0, 0.05) is 29.7 Å². The Morgan fingerprint density at radius 2 is 1.88 bits per heavy atom. The molecule has 8 nitrogen and oxygen atoms in total. The fraction of sp³-hybridized carbons (Fsp3) is 0.348. The molecule has 1 aliphatic carbocycles. The minimum absolute atomic E-state index is 0.176. The third-order valence-electron chi connectivity index (χ3n) is 5.83. The van der Waals surface area contributed by atoms with E-state index in [1.54, 1.807) is 36.4 Å². The number of nitrogens with zero attached hydrogens (tertiary/aromatic N) is 1. The first-order valence-electron chi connectivity index (χ1n) is 10.4. The van der Waals surface area contributed by atoms with Gasteiger partial charge in [-0.05, 0) is 61.6 Å². The number of aromatic amines is 1. The lowest BCUT2D eigenvalue weighted by Gasteiger charge is -2.18. The van der Waals surface area contributed by atoms with Crippen molar-refractivity contribution in [2.45, 2.75) is 30.6 Å². The normalized spacial score (nSPS) is 13.8. The number of aryl methyl sites for hydroxylation is 2. The predicted octanol–water partition coefficient (Wildman–Crippen LogP) is 3.32. The maximum atomic E-state index is 13.2. The van der Waals surface area contributed by atoms with Gasteiger partial charge in [0.05, 0.1) is 31.3 Å². The summed E-state index contributed by atoms with van der Waals surface area (Å²) in [5.74, 6) is 0.535. The molecule has 0 bridgehead atoms. The van der Waals surface area contributed by atoms with Crippen molar-refractivity contribution in [3.05, 3.63) is 47.7 Å². The van der Waals surface area contributed by atoms with Gasteiger partial charge in [-0.1, -0.05) is 0 Å². The molecule has 2 aromatic carbocycles. The molecule has 1 aromatic heterocycles. The van der Waals surface area contributed by atoms with Crippen LogP contribution in [0.15, 0.2) is 41.3 Å². The van der Waals surface area contributed by atoms with Crippen LogP contribution in [-0.4, -0.2) is 51.4 Å². The molecule has 0 unspecified atom stereocenters. The van der Waals surface area contributed by atoms with Gasteiger partial charge in [0.1, 0.15) is 11.5 Å². The number of hydrogen-bond donors (Lipinski definition) is 2. The highest BCUT2D eigenvalue weighted by Gasteiger charge is 2.25. The molecule has 3 aromatic rings. The van der Waals surface area contributed by atoms with E-state index < -0.39 is 15.9 Å². The number of anilines is 1. The molecule has 1 aliphatic rings. The summed E-state index contributed by atoms with van der Waals surface area (Å²) in [6, 6.07) is 10.1. The summed E-state index contributed by atoms with van der Waals surface area (Å²) in [4.78, 5) is 16.2. The minimum Gasteiger partial charge on any atom is -0.497 e. The van der Waals surface area contributed by atoms with E-state index in [1.807, 2.05) is 0 Å². The summed E-state index contributed by atoms with van der Waals surface area (Å²) in [6.07, 6.45) is 4.18. The molecule has 1 amide bonds. The summed E-state index contributed by atoms with van der Waals surface area (Å²) < 4.78 is 37.8. The number of benzene rings is 2. The second kappa shape index (κ2) is 8.84. The summed E-state index contributed by atoms with van der Waals surface area (Å²) in [5, 5.41) is 3.65. The number of ether oxygens (including phenoxy) is 2. The zero-order chi connectivity index (χ0) is 22.9. The van der Waals surface area contributed by atoms with Gasteiger partial charge in [-0.2, -0.15) is 4.31 Å². The van der Waals surface area contributed by atoms with E-state index in [0.29, 0.717) is 17.2 Å². The third kappa shape index (κ3) is 4.18. The second-order valence-electron chi connectivity index (χ2n) is 7.87. The Morgan fingerprint density at radius 1 is 1.09 bits per heavy atom. The molecule has 0 radical (unpaired) electrons. The monoisotopic (exact) mass is 457 g/mol. The van der Waals surface area contributed by atoms with E-state index in [0.717, 1.165) is 40.9 Å². The Bertz CT molecular complexity index is 1270. The van der Waals surface area contributed by atoms with Crippen LogP contribution in [0.1, 0.15) is 24.1 Å². The second-order valence-corrected chi connectivity index (χ2v) is 9.92. The molecule has 9 heteroatoms. The van der Waals surface area contributed by atoms with E-state index in [9.17, 15) is 13.2 Å².